The summed E-state index contributed by atoms with van der Waals surface area (Å²) >= 11 is 1.72. The van der Waals surface area contributed by atoms with Crippen molar-refractivity contribution in [3.05, 3.63) is 75.4 Å². The predicted molar refractivity (Wildman–Crippen MR) is 107 cm³/mol. The van der Waals surface area contributed by atoms with Crippen LogP contribution in [0.4, 0.5) is 0 Å². The molecule has 27 heavy (non-hydrogen) atoms. The monoisotopic (exact) mass is 373 g/mol. The highest BCUT2D eigenvalue weighted by Crippen LogP contribution is 2.27. The van der Waals surface area contributed by atoms with Gasteiger partial charge in [0.25, 0.3) is 0 Å². The third-order valence-electron chi connectivity index (χ3n) is 4.47. The highest BCUT2D eigenvalue weighted by molar-refractivity contribution is 7.15. The predicted octanol–water partition coefficient (Wildman–Crippen LogP) is 3.75. The summed E-state index contributed by atoms with van der Waals surface area (Å²) in [4.78, 5) is 21.5. The number of nitrogens with one attached hydrogen (secondary N) is 1. The summed E-state index contributed by atoms with van der Waals surface area (Å²) in [5.41, 5.74) is 4.26. The van der Waals surface area contributed by atoms with Crippen molar-refractivity contribution in [1.29, 1.82) is 0 Å². The van der Waals surface area contributed by atoms with Crippen molar-refractivity contribution in [2.24, 2.45) is 0 Å². The average molecular weight is 373 g/mol. The number of aryl methyl sites for hydroxylation is 1. The lowest BCUT2D eigenvalue weighted by molar-refractivity contribution is 0.665. The maximum absolute atomic E-state index is 11.4. The zero-order valence-corrected chi connectivity index (χ0v) is 15.3. The van der Waals surface area contributed by atoms with Gasteiger partial charge >= 0.3 is 0 Å². The molecule has 1 N–H and O–H groups in total. The van der Waals surface area contributed by atoms with Crippen LogP contribution in [0.3, 0.4) is 0 Å². The Morgan fingerprint density at radius 2 is 2.00 bits per heavy atom. The number of hydrogen-bond acceptors (Lipinski definition) is 5. The highest BCUT2D eigenvalue weighted by Gasteiger charge is 2.10. The second-order valence-electron chi connectivity index (χ2n) is 6.44. The quantitative estimate of drug-likeness (QED) is 0.522. The molecule has 0 atom stereocenters. The number of aromatic nitrogens is 5. The van der Waals surface area contributed by atoms with Gasteiger partial charge < -0.3 is 4.98 Å². The van der Waals surface area contributed by atoms with Crippen molar-refractivity contribution in [2.45, 2.75) is 13.5 Å². The van der Waals surface area contributed by atoms with E-state index >= 15 is 0 Å². The molecule has 7 heteroatoms. The molecule has 4 aromatic heterocycles. The van der Waals surface area contributed by atoms with E-state index in [-0.39, 0.29) is 5.56 Å². The van der Waals surface area contributed by atoms with E-state index in [2.05, 4.69) is 34.4 Å². The summed E-state index contributed by atoms with van der Waals surface area (Å²) in [6.07, 6.45) is 0. The third-order valence-corrected chi connectivity index (χ3v) is 5.50. The zero-order valence-electron chi connectivity index (χ0n) is 14.5. The molecule has 6 nitrogen and oxygen atoms in total. The van der Waals surface area contributed by atoms with Gasteiger partial charge in [-0.1, -0.05) is 11.3 Å². The van der Waals surface area contributed by atoms with Gasteiger partial charge in [-0.15, -0.1) is 16.4 Å². The Morgan fingerprint density at radius 3 is 2.85 bits per heavy atom. The number of pyridine rings is 2. The minimum Gasteiger partial charge on any atom is -0.322 e. The van der Waals surface area contributed by atoms with Crippen LogP contribution in [0.25, 0.3) is 32.6 Å². The van der Waals surface area contributed by atoms with Gasteiger partial charge in [-0.3, -0.25) is 4.79 Å². The first-order valence-electron chi connectivity index (χ1n) is 8.55. The van der Waals surface area contributed by atoms with E-state index in [9.17, 15) is 4.79 Å². The lowest BCUT2D eigenvalue weighted by Crippen LogP contribution is -2.05. The molecule has 132 valence electrons. The van der Waals surface area contributed by atoms with E-state index in [1.165, 1.54) is 10.9 Å². The first-order chi connectivity index (χ1) is 13.2. The topological polar surface area (TPSA) is 76.5 Å². The van der Waals surface area contributed by atoms with Gasteiger partial charge in [-0.2, -0.15) is 0 Å². The Morgan fingerprint density at radius 1 is 1.07 bits per heavy atom. The van der Waals surface area contributed by atoms with E-state index in [0.717, 1.165) is 38.2 Å². The summed E-state index contributed by atoms with van der Waals surface area (Å²) in [7, 11) is 0. The van der Waals surface area contributed by atoms with Crippen LogP contribution in [0.5, 0.6) is 0 Å². The summed E-state index contributed by atoms with van der Waals surface area (Å²) in [6.45, 7) is 2.65. The number of hydrogen-bond donors (Lipinski definition) is 1. The first-order valence-corrected chi connectivity index (χ1v) is 9.36. The van der Waals surface area contributed by atoms with Crippen molar-refractivity contribution in [1.82, 2.24) is 25.0 Å². The Labute approximate surface area is 158 Å². The van der Waals surface area contributed by atoms with Crippen LogP contribution in [0.1, 0.15) is 10.4 Å². The van der Waals surface area contributed by atoms with Crippen LogP contribution in [0.2, 0.25) is 0 Å². The van der Waals surface area contributed by atoms with Gasteiger partial charge in [-0.25, -0.2) is 9.67 Å². The summed E-state index contributed by atoms with van der Waals surface area (Å²) < 4.78 is 1.81. The number of aromatic amines is 1. The van der Waals surface area contributed by atoms with Crippen molar-refractivity contribution in [3.63, 3.8) is 0 Å². The number of benzene rings is 1. The minimum absolute atomic E-state index is 0.0990. The molecule has 0 aliphatic carbocycles. The maximum Gasteiger partial charge on any atom is 0.248 e. The van der Waals surface area contributed by atoms with Gasteiger partial charge in [0.2, 0.25) is 5.56 Å². The Kier molecular flexibility index (Phi) is 3.61. The standard InChI is InChI=1S/C20H15N5OS/c1-12-2-8-18(27-12)16-6-7-17-20(22-16)25(24-23-17)11-13-3-5-15-14(10-13)4-9-19(26)21-15/h2-10H,11H2,1H3,(H,21,26). The molecule has 0 saturated carbocycles. The van der Waals surface area contributed by atoms with E-state index in [4.69, 9.17) is 4.98 Å². The van der Waals surface area contributed by atoms with Gasteiger partial charge in [0.1, 0.15) is 5.52 Å². The molecular weight excluding hydrogens is 358 g/mol. The lowest BCUT2D eigenvalue weighted by Gasteiger charge is -2.05. The van der Waals surface area contributed by atoms with E-state index in [0.29, 0.717) is 6.54 Å². The van der Waals surface area contributed by atoms with Gasteiger partial charge in [0.15, 0.2) is 5.65 Å². The molecule has 0 radical (unpaired) electrons. The fraction of sp³-hybridized carbons (Fsp3) is 0.100. The molecule has 0 bridgehead atoms. The molecule has 0 fully saturated rings. The van der Waals surface area contributed by atoms with E-state index in [1.54, 1.807) is 11.3 Å². The normalized spacial score (nSPS) is 11.4. The second kappa shape index (κ2) is 6.14. The fourth-order valence-electron chi connectivity index (χ4n) is 3.14. The summed E-state index contributed by atoms with van der Waals surface area (Å²) in [5.74, 6) is 0. The molecule has 0 spiro atoms. The number of thiophene rings is 1. The molecule has 1 aromatic carbocycles. The molecule has 5 rings (SSSR count). The third kappa shape index (κ3) is 2.92. The van der Waals surface area contributed by atoms with Crippen LogP contribution >= 0.6 is 11.3 Å². The van der Waals surface area contributed by atoms with Gasteiger partial charge in [0.05, 0.1) is 17.1 Å². The Balaban J connectivity index is 1.54. The SMILES string of the molecule is Cc1ccc(-c2ccc3nnn(Cc4ccc5[nH]c(=O)ccc5c4)c3n2)s1. The van der Waals surface area contributed by atoms with Crippen molar-refractivity contribution in [3.8, 4) is 10.6 Å². The van der Waals surface area contributed by atoms with Crippen LogP contribution < -0.4 is 5.56 Å². The van der Waals surface area contributed by atoms with E-state index < -0.39 is 0 Å². The molecule has 0 amide bonds. The zero-order chi connectivity index (χ0) is 18.4. The molecule has 5 aromatic rings. The van der Waals surface area contributed by atoms with Crippen molar-refractivity contribution >= 4 is 33.4 Å². The number of fused-ring (bicyclic) bond motifs is 2. The maximum atomic E-state index is 11.4. The number of rotatable bonds is 3. The summed E-state index contributed by atoms with van der Waals surface area (Å²) in [5, 5.41) is 9.50. The van der Waals surface area contributed by atoms with Gasteiger partial charge in [0, 0.05) is 16.5 Å². The fourth-order valence-corrected chi connectivity index (χ4v) is 3.98. The lowest BCUT2D eigenvalue weighted by atomic mass is 10.1. The van der Waals surface area contributed by atoms with Crippen LogP contribution in [-0.4, -0.2) is 25.0 Å². The Hall–Kier alpha value is -3.32. The summed E-state index contributed by atoms with van der Waals surface area (Å²) in [6, 6.07) is 17.4. The molecule has 0 saturated heterocycles. The average Bonchev–Trinajstić information content (AvgIpc) is 3.28. The first kappa shape index (κ1) is 15.9. The minimum atomic E-state index is -0.0990. The van der Waals surface area contributed by atoms with Crippen LogP contribution in [0, 0.1) is 6.92 Å². The molecule has 0 aliphatic heterocycles. The highest BCUT2D eigenvalue weighted by atomic mass is 32.1. The molecular formula is C20H15N5OS. The van der Waals surface area contributed by atoms with Gasteiger partial charge in [-0.05, 0) is 60.3 Å². The van der Waals surface area contributed by atoms with Crippen molar-refractivity contribution in [2.75, 3.05) is 0 Å². The van der Waals surface area contributed by atoms with Crippen LogP contribution in [0.15, 0.2) is 59.4 Å². The second-order valence-corrected chi connectivity index (χ2v) is 7.73. The molecule has 0 aliphatic rings. The van der Waals surface area contributed by atoms with Crippen LogP contribution in [-0.2, 0) is 6.54 Å². The van der Waals surface area contributed by atoms with E-state index in [1.807, 2.05) is 41.1 Å². The number of nitrogens with zero attached hydrogens (tertiary/aromatic N) is 4. The molecule has 4 heterocycles. The smallest absolute Gasteiger partial charge is 0.248 e. The van der Waals surface area contributed by atoms with Crippen molar-refractivity contribution < 1.29 is 0 Å². The number of H-pyrrole nitrogens is 1. The Bertz CT molecular complexity index is 1350. The largest absolute Gasteiger partial charge is 0.322 e. The molecule has 0 unspecified atom stereocenters.